The summed E-state index contributed by atoms with van der Waals surface area (Å²) in [5.41, 5.74) is 3.21. The summed E-state index contributed by atoms with van der Waals surface area (Å²) >= 11 is 0. The molecule has 0 radical (unpaired) electrons. The first-order chi connectivity index (χ1) is 10.3. The van der Waals surface area contributed by atoms with Crippen LogP contribution < -0.4 is 5.32 Å². The highest BCUT2D eigenvalue weighted by molar-refractivity contribution is 5.94. The van der Waals surface area contributed by atoms with Gasteiger partial charge in [0, 0.05) is 5.56 Å². The smallest absolute Gasteiger partial charge is 0.251 e. The average molecular weight is 279 g/mol. The van der Waals surface area contributed by atoms with Gasteiger partial charge in [-0.1, -0.05) is 49.4 Å². The van der Waals surface area contributed by atoms with Gasteiger partial charge in [0.2, 0.25) is 0 Å². The van der Waals surface area contributed by atoms with Gasteiger partial charge in [-0.25, -0.2) is 0 Å². The molecule has 1 fully saturated rings. The Kier molecular flexibility index (Phi) is 4.05. The number of hydrogen-bond acceptors (Lipinski definition) is 1. The molecule has 1 N–H and O–H groups in total. The fraction of sp³-hybridized carbons (Fsp3) is 0.316. The third kappa shape index (κ3) is 3.33. The van der Waals surface area contributed by atoms with Gasteiger partial charge >= 0.3 is 0 Å². The first kappa shape index (κ1) is 13.9. The van der Waals surface area contributed by atoms with Gasteiger partial charge in [-0.15, -0.1) is 0 Å². The summed E-state index contributed by atoms with van der Waals surface area (Å²) in [5, 5.41) is 3.21. The van der Waals surface area contributed by atoms with Crippen molar-refractivity contribution in [2.24, 2.45) is 5.92 Å². The van der Waals surface area contributed by atoms with Crippen LogP contribution in [0.3, 0.4) is 0 Å². The fourth-order valence-electron chi connectivity index (χ4n) is 2.68. The van der Waals surface area contributed by atoms with E-state index in [1.165, 1.54) is 24.0 Å². The van der Waals surface area contributed by atoms with Gasteiger partial charge < -0.3 is 5.32 Å². The molecule has 0 heterocycles. The summed E-state index contributed by atoms with van der Waals surface area (Å²) in [5.74, 6) is 0.615. The second-order valence-corrected chi connectivity index (χ2v) is 5.75. The second-order valence-electron chi connectivity index (χ2n) is 5.75. The number of hydrogen-bond donors (Lipinski definition) is 1. The van der Waals surface area contributed by atoms with Crippen molar-refractivity contribution in [1.82, 2.24) is 5.32 Å². The van der Waals surface area contributed by atoms with E-state index < -0.39 is 0 Å². The zero-order valence-corrected chi connectivity index (χ0v) is 12.4. The molecule has 0 bridgehead atoms. The van der Waals surface area contributed by atoms with Crippen LogP contribution >= 0.6 is 0 Å². The Labute approximate surface area is 126 Å². The Bertz CT molecular complexity index is 599. The van der Waals surface area contributed by atoms with Crippen LogP contribution in [0.4, 0.5) is 0 Å². The zero-order chi connectivity index (χ0) is 14.7. The molecule has 2 aromatic rings. The Morgan fingerprint density at radius 3 is 2.33 bits per heavy atom. The average Bonchev–Trinajstić information content (AvgIpc) is 3.38. The maximum atomic E-state index is 12.4. The lowest BCUT2D eigenvalue weighted by Gasteiger charge is -2.19. The summed E-state index contributed by atoms with van der Waals surface area (Å²) in [4.78, 5) is 12.4. The van der Waals surface area contributed by atoms with Crippen molar-refractivity contribution < 1.29 is 4.79 Å². The lowest BCUT2D eigenvalue weighted by atomic mass is 10.0. The molecule has 2 aromatic carbocycles. The van der Waals surface area contributed by atoms with Crippen molar-refractivity contribution in [3.05, 3.63) is 71.3 Å². The zero-order valence-electron chi connectivity index (χ0n) is 12.4. The number of nitrogens with one attached hydrogen (secondary N) is 1. The second kappa shape index (κ2) is 6.13. The van der Waals surface area contributed by atoms with Gasteiger partial charge in [-0.2, -0.15) is 0 Å². The molecule has 0 aliphatic heterocycles. The van der Waals surface area contributed by atoms with E-state index in [1.807, 2.05) is 42.5 Å². The lowest BCUT2D eigenvalue weighted by molar-refractivity contribution is 0.0931. The molecule has 0 spiro atoms. The topological polar surface area (TPSA) is 29.1 Å². The van der Waals surface area contributed by atoms with Crippen molar-refractivity contribution in [3.8, 4) is 0 Å². The molecular weight excluding hydrogens is 258 g/mol. The number of carbonyl (C=O) groups is 1. The summed E-state index contributed by atoms with van der Waals surface area (Å²) in [6, 6.07) is 18.3. The fourth-order valence-corrected chi connectivity index (χ4v) is 2.68. The van der Waals surface area contributed by atoms with Gasteiger partial charge in [0.15, 0.2) is 0 Å². The first-order valence-corrected chi connectivity index (χ1v) is 7.72. The van der Waals surface area contributed by atoms with E-state index in [9.17, 15) is 4.79 Å². The van der Waals surface area contributed by atoms with Gasteiger partial charge in [0.1, 0.15) is 0 Å². The Morgan fingerprint density at radius 1 is 1.10 bits per heavy atom. The number of amides is 1. The minimum Gasteiger partial charge on any atom is -0.345 e. The van der Waals surface area contributed by atoms with Gasteiger partial charge in [0.25, 0.3) is 5.91 Å². The molecule has 2 nitrogen and oxygen atoms in total. The first-order valence-electron chi connectivity index (χ1n) is 7.72. The van der Waals surface area contributed by atoms with Gasteiger partial charge in [-0.3, -0.25) is 4.79 Å². The van der Waals surface area contributed by atoms with Gasteiger partial charge in [-0.05, 0) is 48.4 Å². The number of aryl methyl sites for hydroxylation is 1. The standard InChI is InChI=1S/C19H21NO/c1-2-14-8-10-17(11-9-14)19(21)20-18(16-12-13-16)15-6-4-3-5-7-15/h3-11,16,18H,2,12-13H2,1H3,(H,20,21)/t18-/m0/s1. The molecule has 0 unspecified atom stereocenters. The summed E-state index contributed by atoms with van der Waals surface area (Å²) < 4.78 is 0. The molecule has 1 atom stereocenters. The predicted molar refractivity (Wildman–Crippen MR) is 85.2 cm³/mol. The van der Waals surface area contributed by atoms with Crippen LogP contribution in [-0.4, -0.2) is 5.91 Å². The van der Waals surface area contributed by atoms with Crippen LogP contribution in [0, 0.1) is 5.92 Å². The highest BCUT2D eigenvalue weighted by Gasteiger charge is 2.33. The van der Waals surface area contributed by atoms with Crippen LogP contribution in [0.25, 0.3) is 0 Å². The summed E-state index contributed by atoms with van der Waals surface area (Å²) in [7, 11) is 0. The monoisotopic (exact) mass is 279 g/mol. The summed E-state index contributed by atoms with van der Waals surface area (Å²) in [6.07, 6.45) is 3.40. The molecule has 2 heteroatoms. The molecule has 1 saturated carbocycles. The highest BCUT2D eigenvalue weighted by Crippen LogP contribution is 2.41. The van der Waals surface area contributed by atoms with E-state index in [0.717, 1.165) is 12.0 Å². The Morgan fingerprint density at radius 2 is 1.76 bits per heavy atom. The van der Waals surface area contributed by atoms with Crippen LogP contribution in [0.15, 0.2) is 54.6 Å². The predicted octanol–water partition coefficient (Wildman–Crippen LogP) is 4.13. The normalized spacial score (nSPS) is 15.5. The third-order valence-electron chi connectivity index (χ3n) is 4.16. The van der Waals surface area contributed by atoms with Crippen molar-refractivity contribution in [1.29, 1.82) is 0 Å². The van der Waals surface area contributed by atoms with E-state index in [0.29, 0.717) is 5.92 Å². The minimum atomic E-state index is 0.0263. The third-order valence-corrected chi connectivity index (χ3v) is 4.16. The van der Waals surface area contributed by atoms with Crippen molar-refractivity contribution >= 4 is 5.91 Å². The number of carbonyl (C=O) groups excluding carboxylic acids is 1. The SMILES string of the molecule is CCc1ccc(C(=O)N[C@@H](c2ccccc2)C2CC2)cc1. The Balaban J connectivity index is 1.74. The Hall–Kier alpha value is -2.09. The van der Waals surface area contributed by atoms with Crippen LogP contribution in [0.5, 0.6) is 0 Å². The van der Waals surface area contributed by atoms with Crippen molar-refractivity contribution in [2.75, 3.05) is 0 Å². The lowest BCUT2D eigenvalue weighted by Crippen LogP contribution is -2.29. The van der Waals surface area contributed by atoms with Crippen LogP contribution in [0.1, 0.15) is 47.3 Å². The maximum absolute atomic E-state index is 12.4. The molecule has 0 saturated heterocycles. The largest absolute Gasteiger partial charge is 0.345 e. The quantitative estimate of drug-likeness (QED) is 0.876. The molecule has 0 aromatic heterocycles. The molecule has 21 heavy (non-hydrogen) atoms. The number of rotatable bonds is 5. The van der Waals surface area contributed by atoms with Gasteiger partial charge in [0.05, 0.1) is 6.04 Å². The van der Waals surface area contributed by atoms with Crippen LogP contribution in [-0.2, 0) is 6.42 Å². The maximum Gasteiger partial charge on any atom is 0.251 e. The van der Waals surface area contributed by atoms with E-state index >= 15 is 0 Å². The molecule has 1 amide bonds. The van der Waals surface area contributed by atoms with E-state index in [1.54, 1.807) is 0 Å². The minimum absolute atomic E-state index is 0.0263. The van der Waals surface area contributed by atoms with Crippen molar-refractivity contribution in [3.63, 3.8) is 0 Å². The molecular formula is C19H21NO. The van der Waals surface area contributed by atoms with Crippen LogP contribution in [0.2, 0.25) is 0 Å². The summed E-state index contributed by atoms with van der Waals surface area (Å²) in [6.45, 7) is 2.12. The van der Waals surface area contributed by atoms with E-state index in [4.69, 9.17) is 0 Å². The molecule has 3 rings (SSSR count). The molecule has 1 aliphatic rings. The van der Waals surface area contributed by atoms with E-state index in [2.05, 4.69) is 24.4 Å². The number of benzene rings is 2. The van der Waals surface area contributed by atoms with Crippen molar-refractivity contribution in [2.45, 2.75) is 32.2 Å². The van der Waals surface area contributed by atoms with E-state index in [-0.39, 0.29) is 11.9 Å². The molecule has 108 valence electrons. The highest BCUT2D eigenvalue weighted by atomic mass is 16.1. The molecule has 1 aliphatic carbocycles.